The number of carbonyl (C=O) groups is 1. The molecule has 3 aliphatic rings. The van der Waals surface area contributed by atoms with Gasteiger partial charge in [-0.05, 0) is 44.0 Å². The van der Waals surface area contributed by atoms with Crippen molar-refractivity contribution in [1.29, 1.82) is 0 Å². The van der Waals surface area contributed by atoms with Gasteiger partial charge in [-0.3, -0.25) is 4.79 Å². The van der Waals surface area contributed by atoms with E-state index < -0.39 is 0 Å². The second kappa shape index (κ2) is 7.12. The maximum atomic E-state index is 13.0. The van der Waals surface area contributed by atoms with Gasteiger partial charge in [0.05, 0.1) is 42.1 Å². The molecule has 1 aromatic carbocycles. The van der Waals surface area contributed by atoms with Gasteiger partial charge in [0.1, 0.15) is 11.3 Å². The van der Waals surface area contributed by atoms with Gasteiger partial charge in [-0.15, -0.1) is 0 Å². The molecule has 8 heteroatoms. The van der Waals surface area contributed by atoms with Crippen LogP contribution in [-0.4, -0.2) is 52.8 Å². The average molecular weight is 449 g/mol. The molecule has 1 amide bonds. The lowest BCUT2D eigenvalue weighted by Gasteiger charge is -2.41. The maximum absolute atomic E-state index is 13.0. The molecular formula is C25H28N4O4. The fourth-order valence-electron chi connectivity index (χ4n) is 5.74. The predicted molar refractivity (Wildman–Crippen MR) is 122 cm³/mol. The van der Waals surface area contributed by atoms with E-state index in [4.69, 9.17) is 13.9 Å². The average Bonchev–Trinajstić information content (AvgIpc) is 3.52. The number of likely N-dealkylation sites (tertiary alicyclic amines) is 1. The lowest BCUT2D eigenvalue weighted by molar-refractivity contribution is -0.0396. The molecule has 6 rings (SSSR count). The van der Waals surface area contributed by atoms with Crippen molar-refractivity contribution in [3.05, 3.63) is 59.6 Å². The number of hydrogen-bond donors (Lipinski definition) is 1. The van der Waals surface area contributed by atoms with Crippen LogP contribution >= 0.6 is 0 Å². The Hall–Kier alpha value is -3.26. The molecule has 2 saturated heterocycles. The summed E-state index contributed by atoms with van der Waals surface area (Å²) in [5, 5.41) is 3.80. The van der Waals surface area contributed by atoms with Gasteiger partial charge in [0.25, 0.3) is 5.91 Å². The van der Waals surface area contributed by atoms with Crippen LogP contribution in [0.1, 0.15) is 47.1 Å². The van der Waals surface area contributed by atoms with Crippen LogP contribution in [0.25, 0.3) is 5.69 Å². The molecule has 1 N–H and O–H groups in total. The van der Waals surface area contributed by atoms with Crippen LogP contribution in [0.3, 0.4) is 0 Å². The van der Waals surface area contributed by atoms with E-state index in [1.165, 1.54) is 5.69 Å². The Labute approximate surface area is 192 Å². The molecule has 33 heavy (non-hydrogen) atoms. The van der Waals surface area contributed by atoms with Crippen molar-refractivity contribution in [2.24, 2.45) is 0 Å². The number of fused-ring (bicyclic) bond motifs is 4. The van der Waals surface area contributed by atoms with Gasteiger partial charge < -0.3 is 28.7 Å². The summed E-state index contributed by atoms with van der Waals surface area (Å²) in [6.45, 7) is 5.44. The van der Waals surface area contributed by atoms with Crippen LogP contribution in [-0.2, 0) is 10.3 Å². The molecule has 1 unspecified atom stereocenters. The number of aryl methyl sites for hydroxylation is 2. The lowest BCUT2D eigenvalue weighted by Crippen LogP contribution is -2.48. The number of nitrogens with one attached hydrogen (secondary N) is 1. The van der Waals surface area contributed by atoms with E-state index in [-0.39, 0.29) is 17.0 Å². The first kappa shape index (κ1) is 20.4. The van der Waals surface area contributed by atoms with Crippen LogP contribution in [0.2, 0.25) is 0 Å². The number of ether oxygens (including phenoxy) is 2. The molecule has 8 nitrogen and oxygen atoms in total. The number of rotatable bonds is 2. The largest absolute Gasteiger partial charge is 0.497 e. The summed E-state index contributed by atoms with van der Waals surface area (Å²) < 4.78 is 19.8. The highest BCUT2D eigenvalue weighted by Crippen LogP contribution is 2.50. The number of nitrogens with zero attached hydrogens (tertiary/aromatic N) is 3. The first-order chi connectivity index (χ1) is 15.9. The molecular weight excluding hydrogens is 420 g/mol. The number of benzene rings is 1. The van der Waals surface area contributed by atoms with Gasteiger partial charge >= 0.3 is 0 Å². The normalized spacial score (nSPS) is 22.8. The summed E-state index contributed by atoms with van der Waals surface area (Å²) in [7, 11) is 1.69. The third kappa shape index (κ3) is 3.08. The summed E-state index contributed by atoms with van der Waals surface area (Å²) >= 11 is 0. The fraction of sp³-hybridized carbons (Fsp3) is 0.440. The van der Waals surface area contributed by atoms with E-state index >= 15 is 0 Å². The second-order valence-corrected chi connectivity index (χ2v) is 9.44. The minimum atomic E-state index is -0.312. The Morgan fingerprint density at radius 2 is 2.03 bits per heavy atom. The third-order valence-electron chi connectivity index (χ3n) is 7.38. The van der Waals surface area contributed by atoms with Gasteiger partial charge in [0.15, 0.2) is 5.89 Å². The van der Waals surface area contributed by atoms with Crippen LogP contribution < -0.4 is 10.1 Å². The lowest BCUT2D eigenvalue weighted by atomic mass is 9.79. The zero-order chi connectivity index (χ0) is 22.8. The molecule has 0 saturated carbocycles. The summed E-state index contributed by atoms with van der Waals surface area (Å²) in [6, 6.07) is 10.4. The van der Waals surface area contributed by atoms with Crippen LogP contribution in [0.15, 0.2) is 40.9 Å². The smallest absolute Gasteiger partial charge is 0.291 e. The molecule has 0 aliphatic carbocycles. The second-order valence-electron chi connectivity index (χ2n) is 9.44. The van der Waals surface area contributed by atoms with Crippen molar-refractivity contribution in [2.45, 2.75) is 44.2 Å². The highest BCUT2D eigenvalue weighted by Gasteiger charge is 2.54. The van der Waals surface area contributed by atoms with E-state index in [0.29, 0.717) is 37.0 Å². The first-order valence-corrected chi connectivity index (χ1v) is 11.4. The number of amides is 1. The highest BCUT2D eigenvalue weighted by atomic mass is 16.5. The van der Waals surface area contributed by atoms with E-state index in [1.54, 1.807) is 14.0 Å². The monoisotopic (exact) mass is 448 g/mol. The van der Waals surface area contributed by atoms with Crippen molar-refractivity contribution in [3.8, 4) is 11.4 Å². The number of carbonyl (C=O) groups excluding carboxylic acids is 1. The van der Waals surface area contributed by atoms with Crippen molar-refractivity contribution in [1.82, 2.24) is 14.5 Å². The zero-order valence-corrected chi connectivity index (χ0v) is 19.2. The van der Waals surface area contributed by atoms with Crippen molar-refractivity contribution < 1.29 is 18.7 Å². The van der Waals surface area contributed by atoms with E-state index in [2.05, 4.69) is 39.3 Å². The van der Waals surface area contributed by atoms with Crippen LogP contribution in [0.4, 0.5) is 5.69 Å². The summed E-state index contributed by atoms with van der Waals surface area (Å²) in [5.41, 5.74) is 3.44. The summed E-state index contributed by atoms with van der Waals surface area (Å²) in [5.74, 6) is 1.62. The van der Waals surface area contributed by atoms with E-state index in [1.807, 2.05) is 24.0 Å². The van der Waals surface area contributed by atoms with E-state index in [0.717, 1.165) is 36.4 Å². The molecule has 3 aliphatic heterocycles. The van der Waals surface area contributed by atoms with Crippen molar-refractivity contribution in [3.63, 3.8) is 0 Å². The number of methoxy groups -OCH3 is 1. The number of aromatic nitrogens is 2. The molecule has 3 aromatic rings. The zero-order valence-electron chi connectivity index (χ0n) is 19.2. The minimum Gasteiger partial charge on any atom is -0.497 e. The quantitative estimate of drug-likeness (QED) is 0.642. The number of oxazole rings is 1. The molecule has 2 aromatic heterocycles. The Morgan fingerprint density at radius 1 is 1.21 bits per heavy atom. The van der Waals surface area contributed by atoms with Gasteiger partial charge in [-0.2, -0.15) is 0 Å². The topological polar surface area (TPSA) is 81.8 Å². The number of hydrogen-bond acceptors (Lipinski definition) is 6. The molecule has 1 atom stereocenters. The number of anilines is 1. The number of piperidine rings is 1. The van der Waals surface area contributed by atoms with Gasteiger partial charge in [0.2, 0.25) is 5.76 Å². The third-order valence-corrected chi connectivity index (χ3v) is 7.38. The summed E-state index contributed by atoms with van der Waals surface area (Å²) in [4.78, 5) is 19.1. The predicted octanol–water partition coefficient (Wildman–Crippen LogP) is 3.81. The summed E-state index contributed by atoms with van der Waals surface area (Å²) in [6.07, 6.45) is 4.54. The Balaban J connectivity index is 1.24. The Morgan fingerprint density at radius 3 is 2.76 bits per heavy atom. The van der Waals surface area contributed by atoms with Crippen LogP contribution in [0, 0.1) is 13.8 Å². The minimum absolute atomic E-state index is 0.0821. The van der Waals surface area contributed by atoms with E-state index in [9.17, 15) is 4.79 Å². The fourth-order valence-corrected chi connectivity index (χ4v) is 5.74. The Kier molecular flexibility index (Phi) is 4.39. The molecule has 172 valence electrons. The molecule has 2 spiro atoms. The standard InChI is InChI=1S/C25H28N4O4/c1-16-22(33-17(2)26-16)23(30)28-11-8-24(9-12-28)14-25(15-32-24)21-5-4-10-29(21)20-7-6-18(31-3)13-19(20)27-25/h4-7,10,13,27H,8-9,11-12,14-15H2,1-3H3. The van der Waals surface area contributed by atoms with Crippen LogP contribution in [0.5, 0.6) is 5.75 Å². The molecule has 0 radical (unpaired) electrons. The first-order valence-electron chi connectivity index (χ1n) is 11.4. The molecule has 0 bridgehead atoms. The van der Waals surface area contributed by atoms with Crippen molar-refractivity contribution in [2.75, 3.05) is 32.1 Å². The molecule has 2 fully saturated rings. The highest BCUT2D eigenvalue weighted by molar-refractivity contribution is 5.92. The van der Waals surface area contributed by atoms with Gasteiger partial charge in [-0.1, -0.05) is 0 Å². The maximum Gasteiger partial charge on any atom is 0.291 e. The van der Waals surface area contributed by atoms with Crippen molar-refractivity contribution >= 4 is 11.6 Å². The van der Waals surface area contributed by atoms with Gasteiger partial charge in [-0.25, -0.2) is 4.98 Å². The SMILES string of the molecule is COc1ccc2c(c1)NC1(COC3(CCN(C(=O)c4oc(C)nc4C)CC3)C1)c1cccn1-2. The Bertz CT molecular complexity index is 1240. The van der Waals surface area contributed by atoms with Gasteiger partial charge in [0, 0.05) is 38.7 Å². The molecule has 5 heterocycles.